The largest absolute Gasteiger partial charge is 3.00 e. The molecule has 0 saturated carbocycles. The summed E-state index contributed by atoms with van der Waals surface area (Å²) in [7, 11) is 2.98. The molecule has 0 aliphatic heterocycles. The van der Waals surface area contributed by atoms with E-state index in [1.807, 2.05) is 72.8 Å². The van der Waals surface area contributed by atoms with Gasteiger partial charge >= 0.3 is 77.2 Å². The average Bonchev–Trinajstić information content (AvgIpc) is 3.18. The van der Waals surface area contributed by atoms with Crippen LogP contribution in [0.4, 0.5) is 0 Å². The number of rotatable bonds is 8. The first-order valence-corrected chi connectivity index (χ1v) is 16.1. The summed E-state index contributed by atoms with van der Waals surface area (Å²) < 4.78 is 10.0. The minimum atomic E-state index is -1.75. The van der Waals surface area contributed by atoms with E-state index in [1.165, 1.54) is 14.2 Å². The fraction of sp³-hybridized carbons (Fsp3) is 0.111. The number of nitrogens with zero attached hydrogens (tertiary/aromatic N) is 8. The molecule has 2 heterocycles. The SMILES string of the molecule is COc1cccc(CN=Cc2ccc3ccccc3n2)c1[O-].COc1cccc(CN=Cc2ccc3ccccc3n2)c1[O-].O=[N+]([O-])[O-].O=[N+]([O-])[O-].O=[N+]([O-])[O-].O=[N+]([O-])[O-].[Tb+3].[Tb+3]. The second kappa shape index (κ2) is 32.4. The van der Waals surface area contributed by atoms with Gasteiger partial charge in [0.15, 0.2) is 0 Å². The van der Waals surface area contributed by atoms with Crippen molar-refractivity contribution in [3.63, 3.8) is 0 Å². The molecule has 0 bridgehead atoms. The molecule has 26 heteroatoms. The number of methoxy groups -OCH3 is 2. The Morgan fingerprint density at radius 2 is 0.790 bits per heavy atom. The summed E-state index contributed by atoms with van der Waals surface area (Å²) in [6, 6.07) is 34.1. The molecule has 0 saturated heterocycles. The van der Waals surface area contributed by atoms with Crippen LogP contribution >= 0.6 is 0 Å². The molecule has 24 nitrogen and oxygen atoms in total. The number of ether oxygens (including phenoxy) is 2. The van der Waals surface area contributed by atoms with E-state index in [9.17, 15) is 10.2 Å². The van der Waals surface area contributed by atoms with E-state index < -0.39 is 20.3 Å². The predicted molar refractivity (Wildman–Crippen MR) is 212 cm³/mol. The minimum absolute atomic E-state index is 0. The Labute approximate surface area is 411 Å². The summed E-state index contributed by atoms with van der Waals surface area (Å²) >= 11 is 0. The molecule has 0 aliphatic rings. The average molecular weight is 1150 g/mol. The summed E-state index contributed by atoms with van der Waals surface area (Å²) in [4.78, 5) is 50.6. The summed E-state index contributed by atoms with van der Waals surface area (Å²) in [5.41, 5.74) is 4.62. The number of para-hydroxylation sites is 4. The van der Waals surface area contributed by atoms with Crippen LogP contribution in [0.1, 0.15) is 22.5 Å². The zero-order valence-corrected chi connectivity index (χ0v) is 36.0. The molecular weight excluding hydrogens is 1120 g/mol. The number of aromatic nitrogens is 2. The molecule has 328 valence electrons. The Hall–Kier alpha value is -6.39. The minimum Gasteiger partial charge on any atom is -0.870 e. The third-order valence-electron chi connectivity index (χ3n) is 6.77. The van der Waals surface area contributed by atoms with Crippen molar-refractivity contribution >= 4 is 34.2 Å². The maximum atomic E-state index is 12.0. The van der Waals surface area contributed by atoms with Gasteiger partial charge in [-0.3, -0.25) is 9.98 Å². The van der Waals surface area contributed by atoms with Crippen LogP contribution in [0.2, 0.25) is 0 Å². The normalized spacial score (nSPS) is 9.45. The molecule has 6 aromatic rings. The van der Waals surface area contributed by atoms with Gasteiger partial charge in [-0.25, -0.2) is 9.97 Å². The monoisotopic (exact) mass is 1150 g/mol. The fourth-order valence-corrected chi connectivity index (χ4v) is 4.48. The van der Waals surface area contributed by atoms with Gasteiger partial charge in [0.25, 0.3) is 0 Å². The van der Waals surface area contributed by atoms with Gasteiger partial charge in [-0.15, -0.1) is 0 Å². The van der Waals surface area contributed by atoms with Gasteiger partial charge in [0.05, 0.1) is 70.1 Å². The van der Waals surface area contributed by atoms with Crippen LogP contribution in [0.25, 0.3) is 21.8 Å². The Bertz CT molecular complexity index is 2190. The van der Waals surface area contributed by atoms with Gasteiger partial charge in [-0.05, 0) is 47.5 Å². The zero-order chi connectivity index (χ0) is 45.0. The maximum Gasteiger partial charge on any atom is 3.00 e. The number of fused-ring (bicyclic) bond motifs is 2. The van der Waals surface area contributed by atoms with Crippen molar-refractivity contribution in [2.75, 3.05) is 14.2 Å². The molecule has 2 aromatic heterocycles. The Kier molecular flexibility index (Phi) is 30.1. The van der Waals surface area contributed by atoms with Gasteiger partial charge in [-0.2, -0.15) is 0 Å². The van der Waals surface area contributed by atoms with Crippen molar-refractivity contribution in [2.24, 2.45) is 9.98 Å². The molecule has 0 amide bonds. The van der Waals surface area contributed by atoms with Crippen LogP contribution in [0, 0.1) is 139 Å². The summed E-state index contributed by atoms with van der Waals surface area (Å²) in [6.45, 7) is 0.620. The second-order valence-corrected chi connectivity index (χ2v) is 10.6. The molecule has 0 fully saturated rings. The first-order valence-electron chi connectivity index (χ1n) is 16.1. The smallest absolute Gasteiger partial charge is 0.870 e. The molecular formula is C36H30N8O16Tb2. The zero-order valence-electron chi connectivity index (χ0n) is 31.7. The van der Waals surface area contributed by atoms with Crippen molar-refractivity contribution in [3.8, 4) is 23.0 Å². The molecule has 4 aromatic carbocycles. The van der Waals surface area contributed by atoms with Crippen LogP contribution in [-0.4, -0.2) is 57.0 Å². The molecule has 0 spiro atoms. The van der Waals surface area contributed by atoms with E-state index in [0.717, 1.165) is 33.2 Å². The summed E-state index contributed by atoms with van der Waals surface area (Å²) in [5.74, 6) is 0.454. The Morgan fingerprint density at radius 3 is 1.10 bits per heavy atom. The van der Waals surface area contributed by atoms with Crippen LogP contribution in [-0.2, 0) is 13.1 Å². The predicted octanol–water partition coefficient (Wildman–Crippen LogP) is 4.92. The van der Waals surface area contributed by atoms with Gasteiger partial charge < -0.3 is 81.0 Å². The van der Waals surface area contributed by atoms with Gasteiger partial charge in [0.2, 0.25) is 0 Å². The molecule has 0 atom stereocenters. The molecule has 0 N–H and O–H groups in total. The van der Waals surface area contributed by atoms with E-state index >= 15 is 0 Å². The quantitative estimate of drug-likeness (QED) is 0.111. The third kappa shape index (κ3) is 24.6. The maximum absolute atomic E-state index is 12.0. The van der Waals surface area contributed by atoms with Crippen molar-refractivity contribution in [2.45, 2.75) is 13.1 Å². The number of benzene rings is 4. The van der Waals surface area contributed by atoms with E-state index in [4.69, 9.17) is 70.8 Å². The van der Waals surface area contributed by atoms with Crippen LogP contribution in [0.3, 0.4) is 0 Å². The van der Waals surface area contributed by atoms with E-state index in [1.54, 1.807) is 48.8 Å². The second-order valence-electron chi connectivity index (χ2n) is 10.6. The van der Waals surface area contributed by atoms with E-state index in [0.29, 0.717) is 35.7 Å². The molecule has 6 rings (SSSR count). The van der Waals surface area contributed by atoms with Gasteiger partial charge in [-0.1, -0.05) is 84.3 Å². The molecule has 0 unspecified atom stereocenters. The van der Waals surface area contributed by atoms with Gasteiger partial charge in [0.1, 0.15) is 11.5 Å². The Balaban J connectivity index is 0. The van der Waals surface area contributed by atoms with E-state index in [-0.39, 0.29) is 88.7 Å². The van der Waals surface area contributed by atoms with Crippen molar-refractivity contribution in [1.82, 2.24) is 9.97 Å². The first-order chi connectivity index (χ1) is 28.5. The summed E-state index contributed by atoms with van der Waals surface area (Å²) in [5, 5.41) is 85.2. The number of pyridine rings is 2. The molecule has 62 heavy (non-hydrogen) atoms. The number of hydrogen-bond acceptors (Lipinski definition) is 20. The van der Waals surface area contributed by atoms with Gasteiger partial charge in [0, 0.05) is 23.2 Å². The number of hydrogen-bond donors (Lipinski definition) is 0. The van der Waals surface area contributed by atoms with Crippen molar-refractivity contribution in [3.05, 3.63) is 193 Å². The third-order valence-corrected chi connectivity index (χ3v) is 6.77. The van der Waals surface area contributed by atoms with Crippen LogP contribution in [0.5, 0.6) is 23.0 Å². The van der Waals surface area contributed by atoms with Crippen LogP contribution < -0.4 is 19.7 Å². The van der Waals surface area contributed by atoms with Crippen molar-refractivity contribution < 1.29 is 117 Å². The summed E-state index contributed by atoms with van der Waals surface area (Å²) in [6.07, 6.45) is 3.37. The fourth-order valence-electron chi connectivity index (χ4n) is 4.48. The molecule has 0 radical (unpaired) electrons. The molecule has 0 aliphatic carbocycles. The topological polar surface area (TPSA) is 380 Å². The van der Waals surface area contributed by atoms with Crippen molar-refractivity contribution in [1.29, 1.82) is 0 Å². The van der Waals surface area contributed by atoms with Crippen LogP contribution in [0.15, 0.2) is 119 Å². The Morgan fingerprint density at radius 1 is 0.484 bits per heavy atom. The van der Waals surface area contributed by atoms with E-state index in [2.05, 4.69) is 20.0 Å². The number of aliphatic imine (C=N–C) groups is 2. The standard InChI is InChI=1S/2C18H16N2O2.4NO3.2Tb/c2*1-22-17-8-4-6-14(18(17)21)11-19-12-15-10-9-13-5-2-3-7-16(13)20-15;4*2-1(3)4;;/h2*2-10,12,21H,11H2,1H3;;;;;;/q;;4*-1;2*+3/p-2. The first kappa shape index (κ1) is 57.7.